The van der Waals surface area contributed by atoms with Crippen molar-refractivity contribution in [2.45, 2.75) is 0 Å². The van der Waals surface area contributed by atoms with Gasteiger partial charge >= 0.3 is 5.91 Å². The van der Waals surface area contributed by atoms with Crippen molar-refractivity contribution in [2.24, 2.45) is 5.92 Å². The molecule has 27 heavy (non-hydrogen) atoms. The van der Waals surface area contributed by atoms with E-state index in [9.17, 15) is 19.2 Å². The number of nitrogens with zero attached hydrogens (tertiary/aromatic N) is 1. The highest BCUT2D eigenvalue weighted by Gasteiger charge is 2.51. The first kappa shape index (κ1) is 19.6. The molecule has 3 amide bonds. The Morgan fingerprint density at radius 2 is 1.44 bits per heavy atom. The van der Waals surface area contributed by atoms with Crippen LogP contribution in [-0.4, -0.2) is 23.5 Å². The van der Waals surface area contributed by atoms with Crippen LogP contribution in [0.15, 0.2) is 36.4 Å². The van der Waals surface area contributed by atoms with E-state index >= 15 is 0 Å². The van der Waals surface area contributed by atoms with Crippen molar-refractivity contribution in [3.63, 3.8) is 0 Å². The van der Waals surface area contributed by atoms with Gasteiger partial charge in [-0.25, -0.2) is 4.90 Å². The van der Waals surface area contributed by atoms with Gasteiger partial charge in [-0.1, -0.05) is 46.4 Å². The van der Waals surface area contributed by atoms with Crippen molar-refractivity contribution >= 4 is 81.3 Å². The van der Waals surface area contributed by atoms with E-state index in [-0.39, 0.29) is 31.5 Å². The fraction of sp³-hybridized carbons (Fsp3) is 0.0588. The van der Waals surface area contributed by atoms with Crippen molar-refractivity contribution in [3.05, 3.63) is 56.5 Å². The number of carbonyl (C=O) groups is 4. The van der Waals surface area contributed by atoms with Gasteiger partial charge in [0.2, 0.25) is 11.7 Å². The average molecular weight is 446 g/mol. The maximum absolute atomic E-state index is 12.6. The van der Waals surface area contributed by atoms with Crippen LogP contribution in [0.1, 0.15) is 0 Å². The van der Waals surface area contributed by atoms with Crippen LogP contribution < -0.4 is 10.2 Å². The zero-order chi connectivity index (χ0) is 19.9. The van der Waals surface area contributed by atoms with Crippen molar-refractivity contribution in [3.8, 4) is 0 Å². The maximum atomic E-state index is 12.6. The molecule has 0 aromatic heterocycles. The number of nitrogens with one attached hydrogen (secondary N) is 1. The molecule has 2 aromatic carbocycles. The van der Waals surface area contributed by atoms with Crippen LogP contribution in [0.25, 0.3) is 0 Å². The number of hydrogen-bond donors (Lipinski definition) is 1. The van der Waals surface area contributed by atoms with Gasteiger partial charge in [0.25, 0.3) is 5.91 Å². The third-order valence-corrected chi connectivity index (χ3v) is 5.23. The number of benzene rings is 2. The van der Waals surface area contributed by atoms with E-state index in [1.165, 1.54) is 36.4 Å². The maximum Gasteiger partial charge on any atom is 0.302 e. The van der Waals surface area contributed by atoms with Crippen LogP contribution in [0.2, 0.25) is 20.1 Å². The minimum absolute atomic E-state index is 0.0394. The Labute approximate surface area is 172 Å². The number of hydrogen-bond acceptors (Lipinski definition) is 4. The molecule has 0 aliphatic carbocycles. The van der Waals surface area contributed by atoms with E-state index in [1.54, 1.807) is 0 Å². The van der Waals surface area contributed by atoms with Gasteiger partial charge in [0, 0.05) is 5.69 Å². The van der Waals surface area contributed by atoms with Gasteiger partial charge in [0.05, 0.1) is 25.8 Å². The van der Waals surface area contributed by atoms with Crippen molar-refractivity contribution in [2.75, 3.05) is 10.2 Å². The standard InChI is InChI=1S/C17H8Cl4N2O4/c18-9-3-1-7(5-11(9)20)22-15(25)13-14(24)17(27)23(16(13)26)8-2-4-10(19)12(21)6-8/h1-6,13H,(H,22,25). The van der Waals surface area contributed by atoms with Gasteiger partial charge in [-0.05, 0) is 36.4 Å². The fourth-order valence-corrected chi connectivity index (χ4v) is 3.05. The van der Waals surface area contributed by atoms with E-state index in [0.29, 0.717) is 4.90 Å². The first-order valence-corrected chi connectivity index (χ1v) is 8.85. The van der Waals surface area contributed by atoms with Crippen LogP contribution >= 0.6 is 46.4 Å². The molecule has 0 spiro atoms. The number of amides is 3. The van der Waals surface area contributed by atoms with Crippen molar-refractivity contribution in [1.29, 1.82) is 0 Å². The molecule has 1 aliphatic heterocycles. The molecule has 1 saturated heterocycles. The minimum atomic E-state index is -1.82. The normalized spacial score (nSPS) is 16.8. The summed E-state index contributed by atoms with van der Waals surface area (Å²) in [5, 5.41) is 3.11. The van der Waals surface area contributed by atoms with Crippen LogP contribution in [0.5, 0.6) is 0 Å². The molecule has 0 radical (unpaired) electrons. The fourth-order valence-electron chi connectivity index (χ4n) is 2.46. The molecule has 1 aliphatic rings. The monoisotopic (exact) mass is 444 g/mol. The SMILES string of the molecule is O=C(Nc1ccc(Cl)c(Cl)c1)C1C(=O)C(=O)N(c2ccc(Cl)c(Cl)c2)C1=O. The summed E-state index contributed by atoms with van der Waals surface area (Å²) in [6, 6.07) is 8.19. The largest absolute Gasteiger partial charge is 0.325 e. The number of imide groups is 1. The molecule has 138 valence electrons. The summed E-state index contributed by atoms with van der Waals surface area (Å²) in [6.45, 7) is 0. The van der Waals surface area contributed by atoms with Crippen LogP contribution in [-0.2, 0) is 19.2 Å². The lowest BCUT2D eigenvalue weighted by Gasteiger charge is -2.14. The molecule has 10 heteroatoms. The van der Waals surface area contributed by atoms with E-state index in [0.717, 1.165) is 0 Å². The topological polar surface area (TPSA) is 83.6 Å². The third-order valence-electron chi connectivity index (χ3n) is 3.75. The van der Waals surface area contributed by atoms with Gasteiger partial charge < -0.3 is 5.32 Å². The van der Waals surface area contributed by atoms with E-state index in [4.69, 9.17) is 46.4 Å². The summed E-state index contributed by atoms with van der Waals surface area (Å²) < 4.78 is 0. The van der Waals surface area contributed by atoms with Crippen molar-refractivity contribution in [1.82, 2.24) is 0 Å². The predicted octanol–water partition coefficient (Wildman–Crippen LogP) is 4.00. The van der Waals surface area contributed by atoms with Gasteiger partial charge in [-0.2, -0.15) is 0 Å². The molecule has 0 bridgehead atoms. The summed E-state index contributed by atoms with van der Waals surface area (Å²) in [5.41, 5.74) is 0.257. The first-order valence-electron chi connectivity index (χ1n) is 7.34. The summed E-state index contributed by atoms with van der Waals surface area (Å²) >= 11 is 23.4. The summed E-state index contributed by atoms with van der Waals surface area (Å²) in [7, 11) is 0. The molecule has 1 heterocycles. The lowest BCUT2D eigenvalue weighted by Crippen LogP contribution is -2.34. The lowest BCUT2D eigenvalue weighted by molar-refractivity contribution is -0.139. The quantitative estimate of drug-likeness (QED) is 0.439. The first-order chi connectivity index (χ1) is 12.7. The Morgan fingerprint density at radius 3 is 2.04 bits per heavy atom. The van der Waals surface area contributed by atoms with E-state index in [1.807, 2.05) is 0 Å². The second-order valence-corrected chi connectivity index (χ2v) is 7.12. The van der Waals surface area contributed by atoms with Crippen LogP contribution in [0.3, 0.4) is 0 Å². The molecule has 6 nitrogen and oxygen atoms in total. The predicted molar refractivity (Wildman–Crippen MR) is 103 cm³/mol. The number of Topliss-reactive ketones (excluding diaryl/α,β-unsaturated/α-hetero) is 1. The second kappa shape index (κ2) is 7.48. The highest BCUT2D eigenvalue weighted by Crippen LogP contribution is 2.31. The summed E-state index contributed by atoms with van der Waals surface area (Å²) in [5.74, 6) is -6.04. The molecular formula is C17H8Cl4N2O4. The molecular weight excluding hydrogens is 438 g/mol. The number of anilines is 2. The number of halogens is 4. The molecule has 1 N–H and O–H groups in total. The molecule has 1 unspecified atom stereocenters. The average Bonchev–Trinajstić information content (AvgIpc) is 2.83. The number of carbonyl (C=O) groups excluding carboxylic acids is 4. The Morgan fingerprint density at radius 1 is 0.852 bits per heavy atom. The van der Waals surface area contributed by atoms with Gasteiger partial charge in [-0.3, -0.25) is 19.2 Å². The molecule has 1 fully saturated rings. The molecule has 0 saturated carbocycles. The van der Waals surface area contributed by atoms with Crippen LogP contribution in [0.4, 0.5) is 11.4 Å². The van der Waals surface area contributed by atoms with Crippen LogP contribution in [0, 0.1) is 5.92 Å². The zero-order valence-electron chi connectivity index (χ0n) is 13.1. The number of rotatable bonds is 3. The van der Waals surface area contributed by atoms with Gasteiger partial charge in [0.15, 0.2) is 5.92 Å². The number of ketones is 1. The third kappa shape index (κ3) is 3.66. The Kier molecular flexibility index (Phi) is 5.44. The molecule has 3 rings (SSSR count). The van der Waals surface area contributed by atoms with E-state index in [2.05, 4.69) is 5.32 Å². The zero-order valence-corrected chi connectivity index (χ0v) is 16.2. The lowest BCUT2D eigenvalue weighted by atomic mass is 10.1. The molecule has 2 aromatic rings. The summed E-state index contributed by atoms with van der Waals surface area (Å²) in [6.07, 6.45) is 0. The highest BCUT2D eigenvalue weighted by molar-refractivity contribution is 6.60. The van der Waals surface area contributed by atoms with Gasteiger partial charge in [-0.15, -0.1) is 0 Å². The van der Waals surface area contributed by atoms with Crippen molar-refractivity contribution < 1.29 is 19.2 Å². The second-order valence-electron chi connectivity index (χ2n) is 5.49. The smallest absolute Gasteiger partial charge is 0.302 e. The van der Waals surface area contributed by atoms with Gasteiger partial charge in [0.1, 0.15) is 0 Å². The molecule has 1 atom stereocenters. The van der Waals surface area contributed by atoms with E-state index < -0.39 is 29.4 Å². The summed E-state index contributed by atoms with van der Waals surface area (Å²) in [4.78, 5) is 50.1. The highest BCUT2D eigenvalue weighted by atomic mass is 35.5. The Balaban J connectivity index is 1.87. The Bertz CT molecular complexity index is 1010. The Hall–Kier alpha value is -2.12. The minimum Gasteiger partial charge on any atom is -0.325 e.